The molecule has 0 saturated heterocycles. The Bertz CT molecular complexity index is 1270. The number of aryl methyl sites for hydroxylation is 1. The predicted molar refractivity (Wildman–Crippen MR) is 146 cm³/mol. The van der Waals surface area contributed by atoms with Crippen molar-refractivity contribution in [1.29, 1.82) is 0 Å². The highest BCUT2D eigenvalue weighted by Gasteiger charge is 2.26. The van der Waals surface area contributed by atoms with Crippen LogP contribution < -0.4 is 16.0 Å². The molecule has 0 aliphatic carbocycles. The summed E-state index contributed by atoms with van der Waals surface area (Å²) in [4.78, 5) is 30.0. The fourth-order valence-corrected chi connectivity index (χ4v) is 4.54. The topological polar surface area (TPSA) is 82.6 Å². The van der Waals surface area contributed by atoms with Gasteiger partial charge in [-0.25, -0.2) is 4.79 Å². The number of carbonyl (C=O) groups is 2. The summed E-state index contributed by atoms with van der Waals surface area (Å²) in [5.74, 6) is -0.153. The molecular formula is C27H26BrClN4O2. The zero-order valence-corrected chi connectivity index (χ0v) is 21.8. The third-order valence-electron chi connectivity index (χ3n) is 5.56. The van der Waals surface area contributed by atoms with Crippen LogP contribution in [0.2, 0.25) is 5.02 Å². The number of nitrogens with zero attached hydrogens (tertiary/aromatic N) is 1. The molecule has 0 spiro atoms. The largest absolute Gasteiger partial charge is 0.336 e. The van der Waals surface area contributed by atoms with E-state index in [0.717, 1.165) is 21.2 Å². The van der Waals surface area contributed by atoms with Crippen molar-refractivity contribution in [3.05, 3.63) is 92.9 Å². The number of amides is 3. The smallest absolute Gasteiger partial charge is 0.319 e. The lowest BCUT2D eigenvalue weighted by Gasteiger charge is -2.13. The highest BCUT2D eigenvalue weighted by molar-refractivity contribution is 9.10. The Labute approximate surface area is 218 Å². The predicted octanol–water partition coefficient (Wildman–Crippen LogP) is 6.42. The van der Waals surface area contributed by atoms with Crippen molar-refractivity contribution in [3.8, 4) is 0 Å². The Balaban J connectivity index is 1.65. The van der Waals surface area contributed by atoms with Crippen LogP contribution in [-0.4, -0.2) is 29.7 Å². The van der Waals surface area contributed by atoms with Crippen LogP contribution in [0.25, 0.3) is 0 Å². The zero-order chi connectivity index (χ0) is 24.9. The van der Waals surface area contributed by atoms with Crippen molar-refractivity contribution in [2.24, 2.45) is 4.99 Å². The van der Waals surface area contributed by atoms with Crippen molar-refractivity contribution < 1.29 is 9.59 Å². The number of nitrogens with one attached hydrogen (secondary N) is 3. The van der Waals surface area contributed by atoms with Crippen molar-refractivity contribution in [1.82, 2.24) is 5.32 Å². The van der Waals surface area contributed by atoms with Crippen molar-refractivity contribution in [3.63, 3.8) is 0 Å². The number of hydrogen-bond donors (Lipinski definition) is 3. The van der Waals surface area contributed by atoms with Crippen LogP contribution in [-0.2, 0) is 11.2 Å². The quantitative estimate of drug-likeness (QED) is 0.329. The molecule has 3 amide bonds. The molecule has 6 nitrogen and oxygen atoms in total. The van der Waals surface area contributed by atoms with Crippen molar-refractivity contribution in [2.75, 3.05) is 10.6 Å². The lowest BCUT2D eigenvalue weighted by atomic mass is 10.00. The van der Waals surface area contributed by atoms with Gasteiger partial charge in [0.15, 0.2) is 0 Å². The van der Waals surface area contributed by atoms with Gasteiger partial charge < -0.3 is 16.0 Å². The van der Waals surface area contributed by atoms with E-state index in [2.05, 4.69) is 31.9 Å². The molecule has 1 unspecified atom stereocenters. The third kappa shape index (κ3) is 6.29. The number of aliphatic imine (C=N–C) groups is 1. The molecule has 0 radical (unpaired) electrons. The van der Waals surface area contributed by atoms with Gasteiger partial charge in [0.05, 0.1) is 11.4 Å². The van der Waals surface area contributed by atoms with E-state index in [-0.39, 0.29) is 18.0 Å². The number of benzodiazepines with no additional fused rings is 1. The summed E-state index contributed by atoms with van der Waals surface area (Å²) in [5.41, 5.74) is 4.71. The van der Waals surface area contributed by atoms with Crippen LogP contribution >= 0.6 is 27.5 Å². The zero-order valence-electron chi connectivity index (χ0n) is 19.4. The summed E-state index contributed by atoms with van der Waals surface area (Å²) in [6.45, 7) is 3.80. The average Bonchev–Trinajstić information content (AvgIpc) is 2.94. The van der Waals surface area contributed by atoms with Gasteiger partial charge in [0.25, 0.3) is 0 Å². The Morgan fingerprint density at radius 3 is 2.57 bits per heavy atom. The third-order valence-corrected chi connectivity index (χ3v) is 6.57. The maximum Gasteiger partial charge on any atom is 0.319 e. The molecule has 8 heteroatoms. The molecule has 1 aliphatic heterocycles. The van der Waals surface area contributed by atoms with E-state index in [0.29, 0.717) is 35.0 Å². The van der Waals surface area contributed by atoms with Crippen LogP contribution in [0.3, 0.4) is 0 Å². The minimum atomic E-state index is -0.571. The molecule has 0 saturated carbocycles. The maximum absolute atomic E-state index is 13.1. The number of halogens is 2. The van der Waals surface area contributed by atoms with E-state index in [1.165, 1.54) is 0 Å². The first kappa shape index (κ1) is 24.9. The summed E-state index contributed by atoms with van der Waals surface area (Å²) in [6.07, 6.45) is 1.25. The van der Waals surface area contributed by atoms with Crippen LogP contribution in [0.1, 0.15) is 37.0 Å². The SMILES string of the molecule is CC(C)NC(=O)Nc1ccc(C2=NC(CCc3ccccc3Br)C(=O)Nc3ccc(Cl)cc32)cc1. The minimum absolute atomic E-state index is 0.0364. The average molecular weight is 554 g/mol. The number of fused-ring (bicyclic) bond motifs is 1. The van der Waals surface area contributed by atoms with E-state index in [9.17, 15) is 9.59 Å². The molecule has 1 atom stereocenters. The number of urea groups is 1. The van der Waals surface area contributed by atoms with Crippen molar-refractivity contribution in [2.45, 2.75) is 38.8 Å². The number of carbonyl (C=O) groups excluding carboxylic acids is 2. The molecule has 3 aromatic carbocycles. The molecule has 1 heterocycles. The second-order valence-corrected chi connectivity index (χ2v) is 9.92. The molecule has 0 bridgehead atoms. The van der Waals surface area contributed by atoms with E-state index < -0.39 is 6.04 Å². The number of rotatable bonds is 6. The molecule has 0 fully saturated rings. The van der Waals surface area contributed by atoms with Gasteiger partial charge in [0.2, 0.25) is 5.91 Å². The molecule has 3 N–H and O–H groups in total. The first-order chi connectivity index (χ1) is 16.8. The van der Waals surface area contributed by atoms with Gasteiger partial charge in [0.1, 0.15) is 6.04 Å². The first-order valence-electron chi connectivity index (χ1n) is 11.4. The lowest BCUT2D eigenvalue weighted by Crippen LogP contribution is -2.34. The summed E-state index contributed by atoms with van der Waals surface area (Å²) < 4.78 is 1.01. The molecule has 4 rings (SSSR count). The monoisotopic (exact) mass is 552 g/mol. The highest BCUT2D eigenvalue weighted by atomic mass is 79.9. The Hall–Kier alpha value is -3.16. The van der Waals surface area contributed by atoms with E-state index >= 15 is 0 Å². The summed E-state index contributed by atoms with van der Waals surface area (Å²) in [5, 5.41) is 9.20. The van der Waals surface area contributed by atoms with Gasteiger partial charge in [0, 0.05) is 32.4 Å². The lowest BCUT2D eigenvalue weighted by molar-refractivity contribution is -0.117. The summed E-state index contributed by atoms with van der Waals surface area (Å²) >= 11 is 9.89. The minimum Gasteiger partial charge on any atom is -0.336 e. The standard InChI is InChI=1S/C27H26BrClN4O2/c1-16(2)30-27(35)31-20-11-7-18(8-12-20)25-21-15-19(29)10-14-23(21)33-26(34)24(32-25)13-9-17-5-3-4-6-22(17)28/h3-8,10-12,14-16,24H,9,13H2,1-2H3,(H,33,34)(H2,30,31,35). The summed E-state index contributed by atoms with van der Waals surface area (Å²) in [7, 11) is 0. The number of anilines is 2. The Kier molecular flexibility index (Phi) is 7.88. The van der Waals surface area contributed by atoms with Crippen molar-refractivity contribution >= 4 is 56.6 Å². The molecule has 0 aromatic heterocycles. The second-order valence-electron chi connectivity index (χ2n) is 8.63. The van der Waals surface area contributed by atoms with E-state index in [4.69, 9.17) is 16.6 Å². The maximum atomic E-state index is 13.1. The van der Waals surface area contributed by atoms with Gasteiger partial charge in [-0.2, -0.15) is 0 Å². The van der Waals surface area contributed by atoms with Gasteiger partial charge in [-0.05, 0) is 68.7 Å². The van der Waals surface area contributed by atoms with Gasteiger partial charge in [-0.1, -0.05) is 57.9 Å². The number of benzene rings is 3. The van der Waals surface area contributed by atoms with Gasteiger partial charge in [-0.15, -0.1) is 0 Å². The first-order valence-corrected chi connectivity index (χ1v) is 12.6. The fraction of sp³-hybridized carbons (Fsp3) is 0.222. The van der Waals surface area contributed by atoms with Crippen LogP contribution in [0.4, 0.5) is 16.2 Å². The van der Waals surface area contributed by atoms with Crippen LogP contribution in [0.15, 0.2) is 76.2 Å². The van der Waals surface area contributed by atoms with E-state index in [1.54, 1.807) is 12.1 Å². The van der Waals surface area contributed by atoms with Gasteiger partial charge >= 0.3 is 6.03 Å². The van der Waals surface area contributed by atoms with Gasteiger partial charge in [-0.3, -0.25) is 9.79 Å². The van der Waals surface area contributed by atoms with Crippen LogP contribution in [0.5, 0.6) is 0 Å². The molecule has 1 aliphatic rings. The molecular weight excluding hydrogens is 528 g/mol. The Morgan fingerprint density at radius 1 is 1.11 bits per heavy atom. The van der Waals surface area contributed by atoms with E-state index in [1.807, 2.05) is 68.4 Å². The van der Waals surface area contributed by atoms with Crippen LogP contribution in [0, 0.1) is 0 Å². The second kappa shape index (κ2) is 11.1. The Morgan fingerprint density at radius 2 is 1.86 bits per heavy atom. The molecule has 35 heavy (non-hydrogen) atoms. The molecule has 3 aromatic rings. The normalized spacial score (nSPS) is 15.1. The summed E-state index contributed by atoms with van der Waals surface area (Å²) in [6, 6.07) is 19.9. The highest BCUT2D eigenvalue weighted by Crippen LogP contribution is 2.29. The number of hydrogen-bond acceptors (Lipinski definition) is 3. The molecule has 180 valence electrons. The fourth-order valence-electron chi connectivity index (χ4n) is 3.88.